The van der Waals surface area contributed by atoms with Crippen molar-refractivity contribution in [3.8, 4) is 5.75 Å². The first kappa shape index (κ1) is 20.1. The second-order valence-corrected chi connectivity index (χ2v) is 8.79. The molecule has 0 bridgehead atoms. The highest BCUT2D eigenvalue weighted by molar-refractivity contribution is 7.16. The van der Waals surface area contributed by atoms with Crippen LogP contribution in [0.15, 0.2) is 53.6 Å². The maximum atomic E-state index is 12.0. The molecule has 0 radical (unpaired) electrons. The molecule has 0 spiro atoms. The number of aryl methyl sites for hydroxylation is 1. The fourth-order valence-corrected chi connectivity index (χ4v) is 3.81. The molecule has 0 saturated carbocycles. The van der Waals surface area contributed by atoms with E-state index < -0.39 is 0 Å². The van der Waals surface area contributed by atoms with E-state index in [4.69, 9.17) is 4.74 Å². The van der Waals surface area contributed by atoms with Crippen molar-refractivity contribution >= 4 is 27.5 Å². The summed E-state index contributed by atoms with van der Waals surface area (Å²) >= 11 is 1.55. The summed E-state index contributed by atoms with van der Waals surface area (Å²) in [5.74, 6) is 0.722. The van der Waals surface area contributed by atoms with Gasteiger partial charge in [-0.25, -0.2) is 5.43 Å². The van der Waals surface area contributed by atoms with Crippen molar-refractivity contribution in [2.24, 2.45) is 12.1 Å². The molecule has 0 saturated heterocycles. The average Bonchev–Trinajstić information content (AvgIpc) is 2.99. The van der Waals surface area contributed by atoms with Crippen LogP contribution in [-0.4, -0.2) is 17.1 Å². The molecule has 0 aliphatic carbocycles. The zero-order chi connectivity index (χ0) is 20.1. The van der Waals surface area contributed by atoms with Gasteiger partial charge in [-0.3, -0.25) is 4.79 Å². The van der Waals surface area contributed by atoms with Crippen LogP contribution in [0, 0.1) is 0 Å². The number of nitrogens with one attached hydrogen (secondary N) is 1. The number of amides is 1. The Hall–Kier alpha value is -2.60. The van der Waals surface area contributed by atoms with Gasteiger partial charge in [-0.1, -0.05) is 56.4 Å². The molecule has 1 heterocycles. The van der Waals surface area contributed by atoms with Gasteiger partial charge in [0, 0.05) is 13.5 Å². The van der Waals surface area contributed by atoms with Gasteiger partial charge in [-0.15, -0.1) is 5.10 Å². The Labute approximate surface area is 169 Å². The highest BCUT2D eigenvalue weighted by Gasteiger charge is 2.13. The normalized spacial score (nSPS) is 12.4. The lowest BCUT2D eigenvalue weighted by molar-refractivity contribution is -0.121. The number of hydrogen-bond acceptors (Lipinski definition) is 4. The average molecular weight is 398 g/mol. The summed E-state index contributed by atoms with van der Waals surface area (Å²) in [4.78, 5) is 12.8. The van der Waals surface area contributed by atoms with E-state index in [1.54, 1.807) is 11.3 Å². The molecular weight excluding hydrogens is 370 g/mol. The number of aromatic nitrogens is 1. The van der Waals surface area contributed by atoms with E-state index in [-0.39, 0.29) is 11.3 Å². The van der Waals surface area contributed by atoms with Gasteiger partial charge in [0.05, 0.1) is 16.8 Å². The summed E-state index contributed by atoms with van der Waals surface area (Å²) in [7, 11) is 1.95. The minimum atomic E-state index is -0.107. The Morgan fingerprint density at radius 1 is 1.14 bits per heavy atom. The SMILES string of the molecule is Cn1c(=NNC(=O)CCCOc2ccc(C(C)(C)C)cc2)sc2ccccc21. The number of nitrogens with zero attached hydrogens (tertiary/aromatic N) is 2. The maximum absolute atomic E-state index is 12.0. The molecule has 148 valence electrons. The maximum Gasteiger partial charge on any atom is 0.240 e. The van der Waals surface area contributed by atoms with Crippen LogP contribution in [0.3, 0.4) is 0 Å². The lowest BCUT2D eigenvalue weighted by Crippen LogP contribution is -2.23. The summed E-state index contributed by atoms with van der Waals surface area (Å²) in [6.45, 7) is 7.06. The summed E-state index contributed by atoms with van der Waals surface area (Å²) in [6.07, 6.45) is 1.01. The zero-order valence-electron chi connectivity index (χ0n) is 16.9. The largest absolute Gasteiger partial charge is 0.494 e. The summed E-state index contributed by atoms with van der Waals surface area (Å²) in [5.41, 5.74) is 5.15. The van der Waals surface area contributed by atoms with Gasteiger partial charge >= 0.3 is 0 Å². The van der Waals surface area contributed by atoms with Gasteiger partial charge in [0.15, 0.2) is 0 Å². The second kappa shape index (κ2) is 8.61. The van der Waals surface area contributed by atoms with Crippen LogP contribution in [0.25, 0.3) is 10.2 Å². The Kier molecular flexibility index (Phi) is 6.19. The van der Waals surface area contributed by atoms with E-state index in [1.807, 2.05) is 48.0 Å². The molecule has 0 aliphatic heterocycles. The zero-order valence-corrected chi connectivity index (χ0v) is 17.7. The number of carbonyl (C=O) groups is 1. The van der Waals surface area contributed by atoms with Gasteiger partial charge in [-0.2, -0.15) is 0 Å². The third kappa shape index (κ3) is 5.01. The van der Waals surface area contributed by atoms with Crippen LogP contribution in [0.4, 0.5) is 0 Å². The monoisotopic (exact) mass is 397 g/mol. The molecule has 0 atom stereocenters. The Balaban J connectivity index is 1.46. The summed E-state index contributed by atoms with van der Waals surface area (Å²) in [5, 5.41) is 4.25. The predicted molar refractivity (Wildman–Crippen MR) is 114 cm³/mol. The predicted octanol–water partition coefficient (Wildman–Crippen LogP) is 4.33. The van der Waals surface area contributed by atoms with Crippen molar-refractivity contribution in [1.29, 1.82) is 0 Å². The van der Waals surface area contributed by atoms with E-state index in [1.165, 1.54) is 5.56 Å². The summed E-state index contributed by atoms with van der Waals surface area (Å²) in [6, 6.07) is 16.2. The fourth-order valence-electron chi connectivity index (χ4n) is 2.83. The van der Waals surface area contributed by atoms with Gasteiger partial charge in [0.1, 0.15) is 5.75 Å². The first-order chi connectivity index (χ1) is 13.3. The van der Waals surface area contributed by atoms with Crippen LogP contribution in [0.5, 0.6) is 5.75 Å². The molecule has 6 heteroatoms. The molecule has 2 aromatic carbocycles. The number of hydrogen-bond donors (Lipinski definition) is 1. The minimum absolute atomic E-state index is 0.107. The van der Waals surface area contributed by atoms with Crippen molar-refractivity contribution in [3.63, 3.8) is 0 Å². The van der Waals surface area contributed by atoms with Gasteiger partial charge in [0.2, 0.25) is 10.7 Å². The molecular formula is C22H27N3O2S. The van der Waals surface area contributed by atoms with E-state index in [0.29, 0.717) is 19.4 Å². The van der Waals surface area contributed by atoms with E-state index in [9.17, 15) is 4.79 Å². The van der Waals surface area contributed by atoms with Crippen LogP contribution in [0.2, 0.25) is 0 Å². The number of para-hydroxylation sites is 1. The van der Waals surface area contributed by atoms with Crippen molar-refractivity contribution in [1.82, 2.24) is 9.99 Å². The van der Waals surface area contributed by atoms with E-state index in [0.717, 1.165) is 20.8 Å². The quantitative estimate of drug-likeness (QED) is 0.497. The van der Waals surface area contributed by atoms with Crippen LogP contribution >= 0.6 is 11.3 Å². The molecule has 3 aromatic rings. The number of rotatable bonds is 6. The number of benzene rings is 2. The Bertz CT molecular complexity index is 1010. The molecule has 1 amide bonds. The van der Waals surface area contributed by atoms with Crippen LogP contribution < -0.4 is 15.0 Å². The standard InChI is InChI=1S/C22H27N3O2S/c1-22(2,3)16-11-13-17(14-12-16)27-15-7-10-20(26)23-24-21-25(4)18-8-5-6-9-19(18)28-21/h5-6,8-9,11-14H,7,10,15H2,1-4H3,(H,23,26). The Morgan fingerprint density at radius 2 is 1.86 bits per heavy atom. The first-order valence-corrected chi connectivity index (χ1v) is 10.3. The summed E-state index contributed by atoms with van der Waals surface area (Å²) < 4.78 is 8.85. The second-order valence-electron chi connectivity index (χ2n) is 7.78. The third-order valence-corrected chi connectivity index (χ3v) is 5.64. The molecule has 0 fully saturated rings. The highest BCUT2D eigenvalue weighted by Crippen LogP contribution is 2.24. The lowest BCUT2D eigenvalue weighted by Gasteiger charge is -2.19. The molecule has 0 aliphatic rings. The third-order valence-electron chi connectivity index (χ3n) is 4.53. The number of carbonyl (C=O) groups excluding carboxylic acids is 1. The number of thiazole rings is 1. The van der Waals surface area contributed by atoms with Crippen molar-refractivity contribution in [2.45, 2.75) is 39.0 Å². The van der Waals surface area contributed by atoms with Crippen molar-refractivity contribution in [3.05, 3.63) is 58.9 Å². The number of ether oxygens (including phenoxy) is 1. The van der Waals surface area contributed by atoms with E-state index >= 15 is 0 Å². The highest BCUT2D eigenvalue weighted by atomic mass is 32.1. The molecule has 1 N–H and O–H groups in total. The molecule has 0 unspecified atom stereocenters. The van der Waals surface area contributed by atoms with Crippen LogP contribution in [0.1, 0.15) is 39.2 Å². The van der Waals surface area contributed by atoms with Crippen molar-refractivity contribution < 1.29 is 9.53 Å². The fraction of sp³-hybridized carbons (Fsp3) is 0.364. The van der Waals surface area contributed by atoms with Gasteiger partial charge in [0.25, 0.3) is 0 Å². The smallest absolute Gasteiger partial charge is 0.240 e. The van der Waals surface area contributed by atoms with Crippen molar-refractivity contribution in [2.75, 3.05) is 6.61 Å². The molecule has 28 heavy (non-hydrogen) atoms. The van der Waals surface area contributed by atoms with Gasteiger partial charge in [-0.05, 0) is 41.7 Å². The lowest BCUT2D eigenvalue weighted by atomic mass is 9.87. The Morgan fingerprint density at radius 3 is 2.54 bits per heavy atom. The molecule has 1 aromatic heterocycles. The van der Waals surface area contributed by atoms with Gasteiger partial charge < -0.3 is 9.30 Å². The molecule has 5 nitrogen and oxygen atoms in total. The topological polar surface area (TPSA) is 55.6 Å². The number of fused-ring (bicyclic) bond motifs is 1. The minimum Gasteiger partial charge on any atom is -0.494 e. The van der Waals surface area contributed by atoms with E-state index in [2.05, 4.69) is 43.4 Å². The first-order valence-electron chi connectivity index (χ1n) is 9.45. The van der Waals surface area contributed by atoms with Crippen LogP contribution in [-0.2, 0) is 17.3 Å². The molecule has 3 rings (SSSR count).